The lowest BCUT2D eigenvalue weighted by atomic mass is 8.86. The highest BCUT2D eigenvalue weighted by molar-refractivity contribution is 7.86. The Bertz CT molecular complexity index is 153. The van der Waals surface area contributed by atoms with Crippen molar-refractivity contribution >= 4 is 97.6 Å². The van der Waals surface area contributed by atoms with Gasteiger partial charge in [0, 0.05) is 63.5 Å². The third-order valence-electron chi connectivity index (χ3n) is 3.56. The third-order valence-corrected chi connectivity index (χ3v) is 4.20. The third kappa shape index (κ3) is 7.93. The van der Waals surface area contributed by atoms with Crippen molar-refractivity contribution in [1.82, 2.24) is 0 Å². The van der Waals surface area contributed by atoms with Crippen molar-refractivity contribution in [2.45, 2.75) is 11.5 Å². The molecular weight excluding hydrogens is 186 g/mol. The topological polar surface area (TPSA) is 0 Å². The number of hydrogen-bond acceptors (Lipinski definition) is 1. The molecule has 1 heterocycles. The highest BCUT2D eigenvalue weighted by Gasteiger charge is 2.36. The second kappa shape index (κ2) is 9.19. The van der Waals surface area contributed by atoms with Crippen LogP contribution in [0.4, 0.5) is 0 Å². The van der Waals surface area contributed by atoms with Gasteiger partial charge in [-0.2, -0.15) is 12.6 Å². The summed E-state index contributed by atoms with van der Waals surface area (Å²) in [6, 6.07) is 0. The maximum absolute atomic E-state index is 4.46. The molecule has 0 saturated carbocycles. The van der Waals surface area contributed by atoms with Crippen LogP contribution in [0, 0.1) is 0 Å². The molecule has 1 saturated heterocycles. The second-order valence-corrected chi connectivity index (χ2v) is 5.84. The molecule has 1 atom stereocenters. The van der Waals surface area contributed by atoms with Crippen LogP contribution in [0.25, 0.3) is 0 Å². The fourth-order valence-electron chi connectivity index (χ4n) is 2.26. The van der Waals surface area contributed by atoms with Crippen molar-refractivity contribution in [3.63, 3.8) is 0 Å². The summed E-state index contributed by atoms with van der Waals surface area (Å²) in [4.78, 5) is 0. The van der Waals surface area contributed by atoms with Gasteiger partial charge in [0.15, 0.2) is 0 Å². The quantitative estimate of drug-likeness (QED) is 0.203. The Balaban J connectivity index is 1.66. The van der Waals surface area contributed by atoms with Gasteiger partial charge in [-0.1, -0.05) is 6.32 Å². The highest BCUT2D eigenvalue weighted by Crippen LogP contribution is 2.25. The van der Waals surface area contributed by atoms with E-state index in [9.17, 15) is 0 Å². The van der Waals surface area contributed by atoms with Crippen molar-refractivity contribution in [2.24, 2.45) is 0 Å². The van der Waals surface area contributed by atoms with Gasteiger partial charge in [0.05, 0.1) is 14.8 Å². The zero-order valence-electron chi connectivity index (χ0n) is 10.4. The molecule has 15 heavy (non-hydrogen) atoms. The fourth-order valence-corrected chi connectivity index (χ4v) is 2.68. The predicted octanol–water partition coefficient (Wildman–Crippen LogP) is -7.02. The van der Waals surface area contributed by atoms with Crippen molar-refractivity contribution < 1.29 is 0 Å². The van der Waals surface area contributed by atoms with E-state index in [1.807, 2.05) is 0 Å². The molecule has 0 aromatic carbocycles. The van der Waals surface area contributed by atoms with Gasteiger partial charge >= 0.3 is 0 Å². The Labute approximate surface area is 109 Å². The lowest BCUT2D eigenvalue weighted by Crippen LogP contribution is -2.33. The average Bonchev–Trinajstić information content (AvgIpc) is 2.92. The van der Waals surface area contributed by atoms with Crippen molar-refractivity contribution in [2.75, 3.05) is 0 Å². The van der Waals surface area contributed by atoms with E-state index in [2.05, 4.69) is 20.4 Å². The van der Waals surface area contributed by atoms with E-state index in [0.717, 1.165) is 11.8 Å². The van der Waals surface area contributed by atoms with Gasteiger partial charge in [0.25, 0.3) is 0 Å². The summed E-state index contributed by atoms with van der Waals surface area (Å²) in [7, 11) is 16.8. The molecule has 0 aromatic heterocycles. The van der Waals surface area contributed by atoms with Gasteiger partial charge in [-0.05, 0) is 5.15 Å². The van der Waals surface area contributed by atoms with Crippen LogP contribution in [0.15, 0.2) is 0 Å². The first-order valence-electron chi connectivity index (χ1n) is 7.02. The maximum atomic E-state index is 4.46. The largest absolute Gasteiger partial charge is 0.186 e. The molecule has 0 aromatic rings. The van der Waals surface area contributed by atoms with Gasteiger partial charge in [-0.25, -0.2) is 0 Å². The van der Waals surface area contributed by atoms with Crippen molar-refractivity contribution in [1.29, 1.82) is 0 Å². The van der Waals surface area contributed by atoms with Crippen molar-refractivity contribution in [3.05, 3.63) is 0 Å². The Morgan fingerprint density at radius 1 is 0.933 bits per heavy atom. The van der Waals surface area contributed by atoms with Crippen LogP contribution < -0.4 is 0 Å². The molecule has 13 heteroatoms. The van der Waals surface area contributed by atoms with E-state index in [1.165, 1.54) is 76.9 Å². The minimum Gasteiger partial charge on any atom is -0.186 e. The summed E-state index contributed by atoms with van der Waals surface area (Å²) in [5.74, 6) is 0. The van der Waals surface area contributed by atoms with Gasteiger partial charge < -0.3 is 0 Å². The van der Waals surface area contributed by atoms with Gasteiger partial charge in [-0.3, -0.25) is 0 Å². The standard InChI is InChI=1S/C2H16B12S/c3-4-5-6-7-8-9-10-11-12-13-14-1-2(14)15/h2,4-13,15H,1,3H2. The Hall–Kier alpha value is 1.13. The van der Waals surface area contributed by atoms with Crippen LogP contribution in [-0.2, 0) is 0 Å². The smallest absolute Gasteiger partial charge is 0.111 e. The molecule has 0 nitrogen and oxygen atoms in total. The van der Waals surface area contributed by atoms with Crippen LogP contribution in [0.3, 0.4) is 0 Å². The SMILES string of the molecule is BBBBBBBBBBBB1CC1S. The summed E-state index contributed by atoms with van der Waals surface area (Å²) < 4.78 is 0. The highest BCUT2D eigenvalue weighted by atomic mass is 32.1. The summed E-state index contributed by atoms with van der Waals surface area (Å²) in [6.07, 6.45) is 1.39. The number of rotatable bonds is 10. The van der Waals surface area contributed by atoms with Gasteiger partial charge in [0.2, 0.25) is 0 Å². The van der Waals surface area contributed by atoms with Crippen LogP contribution in [-0.4, -0.2) is 90.1 Å². The van der Waals surface area contributed by atoms with Crippen LogP contribution in [0.1, 0.15) is 0 Å². The lowest BCUT2D eigenvalue weighted by Gasteiger charge is -1.92. The molecule has 0 bridgehead atoms. The average molecular weight is 202 g/mol. The van der Waals surface area contributed by atoms with E-state index in [1.54, 1.807) is 0 Å². The normalized spacial score (nSPS) is 16.9. The zero-order chi connectivity index (χ0) is 10.9. The summed E-state index contributed by atoms with van der Waals surface area (Å²) in [5.41, 5.74) is 0. The van der Waals surface area contributed by atoms with Gasteiger partial charge in [0.1, 0.15) is 6.60 Å². The van der Waals surface area contributed by atoms with Gasteiger partial charge in [-0.15, -0.1) is 0 Å². The van der Waals surface area contributed by atoms with E-state index in [0.29, 0.717) is 0 Å². The summed E-state index contributed by atoms with van der Waals surface area (Å²) in [6.45, 7) is 0.984. The molecule has 1 rings (SSSR count). The monoisotopic (exact) mass is 204 g/mol. The predicted molar refractivity (Wildman–Crippen MR) is 103 cm³/mol. The summed E-state index contributed by atoms with van der Waals surface area (Å²) >= 11 is 4.46. The zero-order valence-corrected chi connectivity index (χ0v) is 11.3. The lowest BCUT2D eigenvalue weighted by molar-refractivity contribution is 1.63. The fraction of sp³-hybridized carbons (Fsp3) is 1.00. The molecule has 1 unspecified atom stereocenters. The van der Waals surface area contributed by atoms with E-state index in [4.69, 9.17) is 0 Å². The number of thiol groups is 1. The first-order valence-corrected chi connectivity index (χ1v) is 7.54. The Morgan fingerprint density at radius 2 is 1.40 bits per heavy atom. The first-order chi connectivity index (χ1) is 7.34. The van der Waals surface area contributed by atoms with E-state index in [-0.39, 0.29) is 0 Å². The molecular formula is C2H16B12S. The molecule has 0 N–H and O–H groups in total. The molecule has 0 amide bonds. The molecule has 1 fully saturated rings. The minimum atomic E-state index is 0.763. The van der Waals surface area contributed by atoms with Crippen LogP contribution >= 0.6 is 12.6 Å². The summed E-state index contributed by atoms with van der Waals surface area (Å²) in [5, 5.41) is 0.763. The van der Waals surface area contributed by atoms with E-state index >= 15 is 0 Å². The number of hydrogen-bond donors (Lipinski definition) is 1. The van der Waals surface area contributed by atoms with E-state index < -0.39 is 0 Å². The Kier molecular flexibility index (Phi) is 8.69. The molecule has 0 aliphatic carbocycles. The first kappa shape index (κ1) is 14.2. The van der Waals surface area contributed by atoms with Crippen LogP contribution in [0.5, 0.6) is 0 Å². The maximum Gasteiger partial charge on any atom is 0.111 e. The minimum absolute atomic E-state index is 0.763. The molecule has 0 spiro atoms. The second-order valence-electron chi connectivity index (χ2n) is 5.18. The molecule has 1 aliphatic heterocycles. The molecule has 1 aliphatic rings. The van der Waals surface area contributed by atoms with Crippen LogP contribution in [0.2, 0.25) is 6.32 Å². The molecule has 0 radical (unpaired) electrons. The Morgan fingerprint density at radius 3 is 1.87 bits per heavy atom. The molecule has 66 valence electrons. The van der Waals surface area contributed by atoms with Crippen molar-refractivity contribution in [3.8, 4) is 0 Å².